The lowest BCUT2D eigenvalue weighted by Crippen LogP contribution is -2.32. The van der Waals surface area contributed by atoms with E-state index in [1.807, 2.05) is 6.92 Å². The number of aliphatic hydroxyl groups excluding tert-OH is 1. The quantitative estimate of drug-likeness (QED) is 0.644. The van der Waals surface area contributed by atoms with Gasteiger partial charge in [-0.05, 0) is 19.9 Å². The van der Waals surface area contributed by atoms with Crippen molar-refractivity contribution in [2.45, 2.75) is 13.3 Å². The van der Waals surface area contributed by atoms with Crippen LogP contribution in [0.1, 0.15) is 13.3 Å². The molecule has 3 heteroatoms. The van der Waals surface area contributed by atoms with Crippen molar-refractivity contribution in [3.05, 3.63) is 0 Å². The number of rotatable bonds is 3. The second-order valence-electron chi connectivity index (χ2n) is 3.62. The van der Waals surface area contributed by atoms with Gasteiger partial charge in [0.2, 0.25) is 0 Å². The standard InChI is InChI=1S/C11H20N2O/c1-2-3-5-12-6-4-7-13(9-8-12)10-11-14/h14H,4-11H2,1H3. The third-order valence-electron chi connectivity index (χ3n) is 2.58. The molecule has 1 rings (SSSR count). The molecule has 0 aromatic rings. The molecular weight excluding hydrogens is 176 g/mol. The van der Waals surface area contributed by atoms with E-state index >= 15 is 0 Å². The van der Waals surface area contributed by atoms with Crippen molar-refractivity contribution in [3.8, 4) is 11.8 Å². The van der Waals surface area contributed by atoms with E-state index in [0.29, 0.717) is 0 Å². The molecule has 1 fully saturated rings. The van der Waals surface area contributed by atoms with Gasteiger partial charge in [0.15, 0.2) is 0 Å². The first-order valence-corrected chi connectivity index (χ1v) is 5.32. The molecule has 0 amide bonds. The molecule has 1 saturated heterocycles. The smallest absolute Gasteiger partial charge is 0.0601 e. The van der Waals surface area contributed by atoms with E-state index in [-0.39, 0.29) is 6.61 Å². The Morgan fingerprint density at radius 2 is 1.86 bits per heavy atom. The van der Waals surface area contributed by atoms with Gasteiger partial charge in [0.05, 0.1) is 13.2 Å². The normalized spacial score (nSPS) is 19.9. The largest absolute Gasteiger partial charge is 0.395 e. The average Bonchev–Trinajstić information content (AvgIpc) is 2.41. The van der Waals surface area contributed by atoms with Crippen molar-refractivity contribution in [2.75, 3.05) is 45.9 Å². The van der Waals surface area contributed by atoms with E-state index < -0.39 is 0 Å². The van der Waals surface area contributed by atoms with Gasteiger partial charge in [-0.25, -0.2) is 0 Å². The zero-order chi connectivity index (χ0) is 10.2. The molecule has 0 spiro atoms. The van der Waals surface area contributed by atoms with Crippen LogP contribution in [0.5, 0.6) is 0 Å². The highest BCUT2D eigenvalue weighted by atomic mass is 16.3. The summed E-state index contributed by atoms with van der Waals surface area (Å²) in [6.45, 7) is 8.25. The van der Waals surface area contributed by atoms with Gasteiger partial charge < -0.3 is 5.11 Å². The molecule has 3 nitrogen and oxygen atoms in total. The van der Waals surface area contributed by atoms with Crippen LogP contribution in [-0.4, -0.2) is 60.8 Å². The van der Waals surface area contributed by atoms with Gasteiger partial charge in [-0.3, -0.25) is 9.80 Å². The number of hydrogen-bond acceptors (Lipinski definition) is 3. The van der Waals surface area contributed by atoms with Crippen molar-refractivity contribution in [1.29, 1.82) is 0 Å². The van der Waals surface area contributed by atoms with Crippen molar-refractivity contribution >= 4 is 0 Å². The van der Waals surface area contributed by atoms with E-state index in [0.717, 1.165) is 39.3 Å². The van der Waals surface area contributed by atoms with Crippen LogP contribution < -0.4 is 0 Å². The zero-order valence-electron chi connectivity index (χ0n) is 9.00. The van der Waals surface area contributed by atoms with Gasteiger partial charge in [0, 0.05) is 26.2 Å². The first-order chi connectivity index (χ1) is 6.86. The minimum atomic E-state index is 0.273. The maximum absolute atomic E-state index is 8.84. The van der Waals surface area contributed by atoms with Gasteiger partial charge in [-0.1, -0.05) is 5.92 Å². The molecule has 0 unspecified atom stereocenters. The van der Waals surface area contributed by atoms with Crippen molar-refractivity contribution in [3.63, 3.8) is 0 Å². The van der Waals surface area contributed by atoms with E-state index in [1.54, 1.807) is 0 Å². The Bertz CT molecular complexity index is 207. The summed E-state index contributed by atoms with van der Waals surface area (Å²) in [6, 6.07) is 0. The van der Waals surface area contributed by atoms with Crippen LogP contribution in [0.3, 0.4) is 0 Å². The first-order valence-electron chi connectivity index (χ1n) is 5.32. The molecule has 80 valence electrons. The molecular formula is C11H20N2O. The van der Waals surface area contributed by atoms with Crippen molar-refractivity contribution in [1.82, 2.24) is 9.80 Å². The van der Waals surface area contributed by atoms with Crippen LogP contribution in [0.4, 0.5) is 0 Å². The molecule has 1 aliphatic rings. The van der Waals surface area contributed by atoms with Crippen LogP contribution in [-0.2, 0) is 0 Å². The highest BCUT2D eigenvalue weighted by Crippen LogP contribution is 2.01. The Morgan fingerprint density at radius 3 is 2.57 bits per heavy atom. The molecule has 1 N–H and O–H groups in total. The van der Waals surface area contributed by atoms with Crippen LogP contribution >= 0.6 is 0 Å². The topological polar surface area (TPSA) is 26.7 Å². The Balaban J connectivity index is 2.27. The Hall–Kier alpha value is -0.560. The highest BCUT2D eigenvalue weighted by Gasteiger charge is 2.12. The molecule has 1 aliphatic heterocycles. The summed E-state index contributed by atoms with van der Waals surface area (Å²) < 4.78 is 0. The Labute approximate surface area is 86.7 Å². The highest BCUT2D eigenvalue weighted by molar-refractivity contribution is 4.98. The molecule has 1 heterocycles. The zero-order valence-corrected chi connectivity index (χ0v) is 9.00. The number of β-amino-alcohol motifs (C(OH)–C–C–N with tert-alkyl or cyclic N) is 1. The lowest BCUT2D eigenvalue weighted by molar-refractivity contribution is 0.198. The van der Waals surface area contributed by atoms with Gasteiger partial charge in [-0.2, -0.15) is 0 Å². The van der Waals surface area contributed by atoms with Gasteiger partial charge >= 0.3 is 0 Å². The maximum atomic E-state index is 8.84. The Morgan fingerprint density at radius 1 is 1.14 bits per heavy atom. The van der Waals surface area contributed by atoms with E-state index in [4.69, 9.17) is 5.11 Å². The maximum Gasteiger partial charge on any atom is 0.0601 e. The van der Waals surface area contributed by atoms with Crippen LogP contribution in [0.15, 0.2) is 0 Å². The first kappa shape index (κ1) is 11.5. The summed E-state index contributed by atoms with van der Waals surface area (Å²) in [5.74, 6) is 6.03. The molecule has 0 atom stereocenters. The summed E-state index contributed by atoms with van der Waals surface area (Å²) in [7, 11) is 0. The summed E-state index contributed by atoms with van der Waals surface area (Å²) in [6.07, 6.45) is 1.19. The molecule has 0 aromatic carbocycles. The predicted molar refractivity (Wildman–Crippen MR) is 58.0 cm³/mol. The SMILES string of the molecule is CC#CCN1CCCN(CCO)CC1. The summed E-state index contributed by atoms with van der Waals surface area (Å²) in [5.41, 5.74) is 0. The van der Waals surface area contributed by atoms with Crippen LogP contribution in [0, 0.1) is 11.8 Å². The molecule has 14 heavy (non-hydrogen) atoms. The molecule has 0 saturated carbocycles. The van der Waals surface area contributed by atoms with Crippen LogP contribution in [0.2, 0.25) is 0 Å². The second-order valence-corrected chi connectivity index (χ2v) is 3.62. The summed E-state index contributed by atoms with van der Waals surface area (Å²) >= 11 is 0. The third kappa shape index (κ3) is 4.10. The van der Waals surface area contributed by atoms with E-state index in [9.17, 15) is 0 Å². The van der Waals surface area contributed by atoms with Crippen molar-refractivity contribution in [2.24, 2.45) is 0 Å². The Kier molecular flexibility index (Phi) is 5.62. The number of hydrogen-bond donors (Lipinski definition) is 1. The third-order valence-corrected chi connectivity index (χ3v) is 2.58. The summed E-state index contributed by atoms with van der Waals surface area (Å²) in [4.78, 5) is 4.70. The van der Waals surface area contributed by atoms with Gasteiger partial charge in [-0.15, -0.1) is 5.92 Å². The number of aliphatic hydroxyl groups is 1. The molecule has 0 aromatic heterocycles. The monoisotopic (exact) mass is 196 g/mol. The predicted octanol–water partition coefficient (Wildman–Crippen LogP) is 0.00970. The van der Waals surface area contributed by atoms with Crippen LogP contribution in [0.25, 0.3) is 0 Å². The van der Waals surface area contributed by atoms with E-state index in [1.165, 1.54) is 6.42 Å². The van der Waals surface area contributed by atoms with Gasteiger partial charge in [0.25, 0.3) is 0 Å². The molecule has 0 radical (unpaired) electrons. The van der Waals surface area contributed by atoms with Gasteiger partial charge in [0.1, 0.15) is 0 Å². The number of nitrogens with zero attached hydrogens (tertiary/aromatic N) is 2. The average molecular weight is 196 g/mol. The fraction of sp³-hybridized carbons (Fsp3) is 0.818. The van der Waals surface area contributed by atoms with Crippen molar-refractivity contribution < 1.29 is 5.11 Å². The minimum absolute atomic E-state index is 0.273. The minimum Gasteiger partial charge on any atom is -0.395 e. The van der Waals surface area contributed by atoms with E-state index in [2.05, 4.69) is 21.6 Å². The second kappa shape index (κ2) is 6.83. The fourth-order valence-electron chi connectivity index (χ4n) is 1.74. The molecule has 0 bridgehead atoms. The lowest BCUT2D eigenvalue weighted by Gasteiger charge is -2.19. The fourth-order valence-corrected chi connectivity index (χ4v) is 1.74. The lowest BCUT2D eigenvalue weighted by atomic mass is 10.4. The summed E-state index contributed by atoms with van der Waals surface area (Å²) in [5, 5.41) is 8.84. The molecule has 0 aliphatic carbocycles.